The average molecular weight is 384 g/mol. The van der Waals surface area contributed by atoms with E-state index in [4.69, 9.17) is 11.6 Å². The Morgan fingerprint density at radius 3 is 2.48 bits per heavy atom. The first kappa shape index (κ1) is 19.1. The molecule has 1 aromatic heterocycles. The Bertz CT molecular complexity index is 1100. The van der Waals surface area contributed by atoms with Crippen LogP contribution in [-0.4, -0.2) is 15.5 Å². The molecule has 1 N–H and O–H groups in total. The summed E-state index contributed by atoms with van der Waals surface area (Å²) in [5.41, 5.74) is 5.57. The summed E-state index contributed by atoms with van der Waals surface area (Å²) in [6, 6.07) is 9.31. The van der Waals surface area contributed by atoms with Gasteiger partial charge >= 0.3 is 0 Å². The van der Waals surface area contributed by atoms with Crippen LogP contribution in [0.15, 0.2) is 35.1 Å². The van der Waals surface area contributed by atoms with Gasteiger partial charge in [0.15, 0.2) is 0 Å². The van der Waals surface area contributed by atoms with E-state index in [0.717, 1.165) is 27.7 Å². The molecule has 3 aromatic rings. The van der Waals surface area contributed by atoms with Gasteiger partial charge in [-0.15, -0.1) is 0 Å². The number of aryl methyl sites for hydroxylation is 5. The van der Waals surface area contributed by atoms with Crippen molar-refractivity contribution in [3.8, 4) is 0 Å². The fourth-order valence-electron chi connectivity index (χ4n) is 2.95. The van der Waals surface area contributed by atoms with Crippen LogP contribution in [0, 0.1) is 27.7 Å². The van der Waals surface area contributed by atoms with Crippen LogP contribution >= 0.6 is 11.6 Å². The largest absolute Gasteiger partial charge is 0.326 e. The van der Waals surface area contributed by atoms with E-state index < -0.39 is 0 Å². The molecule has 1 heterocycles. The first-order valence-electron chi connectivity index (χ1n) is 8.80. The van der Waals surface area contributed by atoms with Gasteiger partial charge in [0.1, 0.15) is 5.69 Å². The summed E-state index contributed by atoms with van der Waals surface area (Å²) in [5.74, 6) is -0.173. The molecule has 0 spiro atoms. The second-order valence-electron chi connectivity index (χ2n) is 6.84. The van der Waals surface area contributed by atoms with Crippen LogP contribution in [0.5, 0.6) is 0 Å². The topological polar surface area (TPSA) is 64.0 Å². The maximum atomic E-state index is 12.6. The molecule has 0 radical (unpaired) electrons. The van der Waals surface area contributed by atoms with Gasteiger partial charge in [-0.2, -0.15) is 0 Å². The second kappa shape index (κ2) is 7.53. The van der Waals surface area contributed by atoms with E-state index >= 15 is 0 Å². The lowest BCUT2D eigenvalue weighted by atomic mass is 10.1. The van der Waals surface area contributed by atoms with Gasteiger partial charge in [-0.25, -0.2) is 4.98 Å². The number of fused-ring (bicyclic) bond motifs is 1. The fourth-order valence-corrected chi connectivity index (χ4v) is 3.13. The van der Waals surface area contributed by atoms with E-state index in [-0.39, 0.29) is 24.4 Å². The van der Waals surface area contributed by atoms with Crippen molar-refractivity contribution in [2.45, 2.75) is 40.7 Å². The van der Waals surface area contributed by atoms with Crippen molar-refractivity contribution in [1.29, 1.82) is 0 Å². The predicted octanol–water partition coefficient (Wildman–Crippen LogP) is 4.31. The number of nitrogens with one attached hydrogen (secondary N) is 1. The number of carbonyl (C=O) groups excluding carboxylic acids is 1. The number of benzene rings is 2. The Morgan fingerprint density at radius 1 is 1.07 bits per heavy atom. The van der Waals surface area contributed by atoms with E-state index in [1.807, 2.05) is 45.0 Å². The number of nitrogens with zero attached hydrogens (tertiary/aromatic N) is 2. The van der Waals surface area contributed by atoms with Crippen molar-refractivity contribution in [3.63, 3.8) is 0 Å². The van der Waals surface area contributed by atoms with Gasteiger partial charge in [0, 0.05) is 23.7 Å². The first-order valence-corrected chi connectivity index (χ1v) is 9.18. The van der Waals surface area contributed by atoms with Gasteiger partial charge in [0.2, 0.25) is 5.91 Å². The van der Waals surface area contributed by atoms with E-state index in [1.54, 1.807) is 17.6 Å². The van der Waals surface area contributed by atoms with E-state index in [9.17, 15) is 9.59 Å². The fraction of sp³-hybridized carbons (Fsp3) is 0.286. The average Bonchev–Trinajstić information content (AvgIpc) is 2.61. The van der Waals surface area contributed by atoms with Crippen LogP contribution in [0.4, 0.5) is 5.69 Å². The summed E-state index contributed by atoms with van der Waals surface area (Å²) >= 11 is 6.10. The molecule has 0 saturated carbocycles. The minimum Gasteiger partial charge on any atom is -0.326 e. The normalized spacial score (nSPS) is 11.0. The van der Waals surface area contributed by atoms with Crippen LogP contribution in [0.25, 0.3) is 11.0 Å². The molecule has 0 atom stereocenters. The highest BCUT2D eigenvalue weighted by molar-refractivity contribution is 6.31. The molecule has 2 aromatic carbocycles. The summed E-state index contributed by atoms with van der Waals surface area (Å²) in [7, 11) is 0. The number of rotatable bonds is 4. The summed E-state index contributed by atoms with van der Waals surface area (Å²) in [5, 5.41) is 3.43. The van der Waals surface area contributed by atoms with E-state index in [0.29, 0.717) is 16.4 Å². The maximum Gasteiger partial charge on any atom is 0.272 e. The molecule has 5 nitrogen and oxygen atoms in total. The summed E-state index contributed by atoms with van der Waals surface area (Å²) in [6.45, 7) is 7.90. The molecular weight excluding hydrogens is 362 g/mol. The van der Waals surface area contributed by atoms with Crippen LogP contribution in [-0.2, 0) is 11.3 Å². The molecule has 1 amide bonds. The molecule has 6 heteroatoms. The maximum absolute atomic E-state index is 12.6. The molecule has 0 aliphatic heterocycles. The van der Waals surface area contributed by atoms with Crippen molar-refractivity contribution in [2.24, 2.45) is 0 Å². The number of carbonyl (C=O) groups is 1. The third kappa shape index (κ3) is 4.03. The Kier molecular flexibility index (Phi) is 5.33. The zero-order valence-electron chi connectivity index (χ0n) is 15.9. The van der Waals surface area contributed by atoms with Gasteiger partial charge < -0.3 is 9.88 Å². The summed E-state index contributed by atoms with van der Waals surface area (Å²) in [4.78, 5) is 29.3. The molecule has 27 heavy (non-hydrogen) atoms. The van der Waals surface area contributed by atoms with Gasteiger partial charge in [-0.05, 0) is 68.7 Å². The summed E-state index contributed by atoms with van der Waals surface area (Å²) in [6.07, 6.45) is 0.177. The predicted molar refractivity (Wildman–Crippen MR) is 110 cm³/mol. The number of anilines is 1. The highest BCUT2D eigenvalue weighted by atomic mass is 35.5. The number of amides is 1. The van der Waals surface area contributed by atoms with Crippen molar-refractivity contribution >= 4 is 34.2 Å². The smallest absolute Gasteiger partial charge is 0.272 e. The molecule has 0 unspecified atom stereocenters. The molecule has 0 aliphatic carbocycles. The van der Waals surface area contributed by atoms with Gasteiger partial charge in [-0.3, -0.25) is 9.59 Å². The summed E-state index contributed by atoms with van der Waals surface area (Å²) < 4.78 is 1.63. The second-order valence-corrected chi connectivity index (χ2v) is 7.25. The van der Waals surface area contributed by atoms with Crippen molar-refractivity contribution < 1.29 is 4.79 Å². The Balaban J connectivity index is 1.84. The monoisotopic (exact) mass is 383 g/mol. The van der Waals surface area contributed by atoms with Gasteiger partial charge in [0.25, 0.3) is 5.56 Å². The Labute approximate surface area is 163 Å². The van der Waals surface area contributed by atoms with Crippen LogP contribution in [0.3, 0.4) is 0 Å². The minimum absolute atomic E-state index is 0.170. The van der Waals surface area contributed by atoms with Crippen molar-refractivity contribution in [1.82, 2.24) is 9.55 Å². The van der Waals surface area contributed by atoms with Crippen molar-refractivity contribution in [3.05, 3.63) is 68.1 Å². The van der Waals surface area contributed by atoms with Crippen LogP contribution in [0.2, 0.25) is 5.02 Å². The third-order valence-electron chi connectivity index (χ3n) is 4.74. The highest BCUT2D eigenvalue weighted by Gasteiger charge is 2.12. The highest BCUT2D eigenvalue weighted by Crippen LogP contribution is 2.20. The third-order valence-corrected chi connectivity index (χ3v) is 5.15. The number of halogens is 1. The molecule has 140 valence electrons. The number of aromatic nitrogens is 2. The lowest BCUT2D eigenvalue weighted by molar-refractivity contribution is -0.116. The molecule has 0 saturated heterocycles. The standard InChI is InChI=1S/C21H22ClN3O2/c1-12-5-6-16(11-17(12)22)24-20(26)7-8-25-19-10-14(3)13(2)9-18(19)23-15(4)21(25)27/h5-6,9-11H,7-8H2,1-4H3,(H,24,26). The number of hydrogen-bond acceptors (Lipinski definition) is 3. The lowest BCUT2D eigenvalue weighted by Gasteiger charge is -2.13. The first-order chi connectivity index (χ1) is 12.8. The molecule has 3 rings (SSSR count). The Morgan fingerprint density at radius 2 is 1.78 bits per heavy atom. The van der Waals surface area contributed by atoms with Gasteiger partial charge in [-0.1, -0.05) is 17.7 Å². The van der Waals surface area contributed by atoms with Crippen molar-refractivity contribution in [2.75, 3.05) is 5.32 Å². The van der Waals surface area contributed by atoms with Gasteiger partial charge in [0.05, 0.1) is 11.0 Å². The zero-order valence-corrected chi connectivity index (χ0v) is 16.6. The minimum atomic E-state index is -0.173. The van der Waals surface area contributed by atoms with E-state index in [2.05, 4.69) is 10.3 Å². The van der Waals surface area contributed by atoms with Crippen LogP contribution < -0.4 is 10.9 Å². The number of hydrogen-bond donors (Lipinski definition) is 1. The lowest BCUT2D eigenvalue weighted by Crippen LogP contribution is -2.26. The molecular formula is C21H22ClN3O2. The molecule has 0 fully saturated rings. The zero-order chi connectivity index (χ0) is 19.7. The van der Waals surface area contributed by atoms with Crippen LogP contribution in [0.1, 0.15) is 28.8 Å². The molecule has 0 aliphatic rings. The van der Waals surface area contributed by atoms with E-state index in [1.165, 1.54) is 0 Å². The molecule has 0 bridgehead atoms. The Hall–Kier alpha value is -2.66. The SMILES string of the molecule is Cc1cc2nc(C)c(=O)n(CCC(=O)Nc3ccc(C)c(Cl)c3)c2cc1C. The quantitative estimate of drug-likeness (QED) is 0.730.